The van der Waals surface area contributed by atoms with Crippen LogP contribution in [-0.4, -0.2) is 6.61 Å². The van der Waals surface area contributed by atoms with Crippen LogP contribution in [0.1, 0.15) is 24.9 Å². The topological polar surface area (TPSA) is 35.2 Å². The van der Waals surface area contributed by atoms with Crippen molar-refractivity contribution in [2.45, 2.75) is 26.0 Å². The van der Waals surface area contributed by atoms with Crippen LogP contribution in [-0.2, 0) is 0 Å². The second-order valence-corrected chi connectivity index (χ2v) is 2.96. The number of alkyl halides is 2. The molecule has 0 unspecified atom stereocenters. The summed E-state index contributed by atoms with van der Waals surface area (Å²) in [6.45, 7) is -0.811. The minimum absolute atomic E-state index is 0.0457. The van der Waals surface area contributed by atoms with E-state index in [0.29, 0.717) is 0 Å². The van der Waals surface area contributed by atoms with Crippen LogP contribution in [0.4, 0.5) is 8.78 Å². The van der Waals surface area contributed by atoms with E-state index in [9.17, 15) is 8.78 Å². The van der Waals surface area contributed by atoms with Gasteiger partial charge in [-0.2, -0.15) is 8.78 Å². The number of benzene rings is 1. The Kier molecular flexibility index (Phi) is 3.83. The number of rotatable bonds is 4. The third kappa shape index (κ3) is 2.96. The highest BCUT2D eigenvalue weighted by molar-refractivity contribution is 5.28. The summed E-state index contributed by atoms with van der Waals surface area (Å²) in [5.74, 6) is 0.159. The highest BCUT2D eigenvalue weighted by atomic mass is 19.3. The third-order valence-corrected chi connectivity index (χ3v) is 1.97. The summed E-state index contributed by atoms with van der Waals surface area (Å²) in [4.78, 5) is 0. The molecule has 0 bridgehead atoms. The molecule has 1 atom stereocenters. The fourth-order valence-corrected chi connectivity index (χ4v) is 1.13. The van der Waals surface area contributed by atoms with E-state index < -0.39 is 6.61 Å². The highest BCUT2D eigenvalue weighted by Crippen LogP contribution is 2.19. The smallest absolute Gasteiger partial charge is 0.387 e. The molecule has 2 N–H and O–H groups in total. The lowest BCUT2D eigenvalue weighted by atomic mass is 10.1. The molecule has 1 aromatic carbocycles. The summed E-state index contributed by atoms with van der Waals surface area (Å²) in [6.07, 6.45) is 0.815. The standard InChI is InChI=1S/C10H13F2NO/c1-2-9(13)7-3-5-8(6-4-7)14-10(11)12/h3-6,9-10H,2,13H2,1H3/t9-/m0/s1. The van der Waals surface area contributed by atoms with Crippen LogP contribution in [0.15, 0.2) is 24.3 Å². The van der Waals surface area contributed by atoms with Crippen LogP contribution in [0.25, 0.3) is 0 Å². The number of nitrogens with two attached hydrogens (primary N) is 1. The first-order chi connectivity index (χ1) is 6.63. The van der Waals surface area contributed by atoms with Crippen LogP contribution in [0.2, 0.25) is 0 Å². The Bertz CT molecular complexity index is 274. The van der Waals surface area contributed by atoms with Crippen molar-refractivity contribution < 1.29 is 13.5 Å². The molecule has 2 nitrogen and oxygen atoms in total. The summed E-state index contributed by atoms with van der Waals surface area (Å²) < 4.78 is 27.8. The molecule has 0 fully saturated rings. The summed E-state index contributed by atoms with van der Waals surface area (Å²) in [5, 5.41) is 0. The van der Waals surface area contributed by atoms with Crippen molar-refractivity contribution in [3.05, 3.63) is 29.8 Å². The van der Waals surface area contributed by atoms with E-state index in [2.05, 4.69) is 4.74 Å². The molecule has 0 heterocycles. The molecule has 0 spiro atoms. The molecule has 0 aliphatic rings. The number of ether oxygens (including phenoxy) is 1. The Hall–Kier alpha value is -1.16. The lowest BCUT2D eigenvalue weighted by Gasteiger charge is -2.10. The molecule has 1 aromatic rings. The molecule has 78 valence electrons. The average Bonchev–Trinajstić information content (AvgIpc) is 2.17. The predicted octanol–water partition coefficient (Wildman–Crippen LogP) is 2.70. The van der Waals surface area contributed by atoms with Gasteiger partial charge < -0.3 is 10.5 Å². The molecular formula is C10H13F2NO. The van der Waals surface area contributed by atoms with Gasteiger partial charge in [0.2, 0.25) is 0 Å². The molecule has 0 amide bonds. The molecule has 1 rings (SSSR count). The zero-order valence-corrected chi connectivity index (χ0v) is 7.91. The quantitative estimate of drug-likeness (QED) is 0.812. The molecule has 14 heavy (non-hydrogen) atoms. The summed E-state index contributed by atoms with van der Waals surface area (Å²) in [7, 11) is 0. The molecule has 0 aromatic heterocycles. The molecule has 0 aliphatic carbocycles. The van der Waals surface area contributed by atoms with E-state index in [1.165, 1.54) is 12.1 Å². The summed E-state index contributed by atoms with van der Waals surface area (Å²) >= 11 is 0. The van der Waals surface area contributed by atoms with Gasteiger partial charge in [-0.05, 0) is 24.1 Å². The van der Waals surface area contributed by atoms with Crippen LogP contribution in [0.5, 0.6) is 5.75 Å². The lowest BCUT2D eigenvalue weighted by Crippen LogP contribution is -2.08. The number of halogens is 2. The van der Waals surface area contributed by atoms with Gasteiger partial charge in [-0.15, -0.1) is 0 Å². The second-order valence-electron chi connectivity index (χ2n) is 2.96. The summed E-state index contributed by atoms with van der Waals surface area (Å²) in [6, 6.07) is 6.35. The van der Waals surface area contributed by atoms with Gasteiger partial charge in [0.25, 0.3) is 0 Å². The van der Waals surface area contributed by atoms with Gasteiger partial charge >= 0.3 is 6.61 Å². The Morgan fingerprint density at radius 1 is 1.29 bits per heavy atom. The molecular weight excluding hydrogens is 188 g/mol. The van der Waals surface area contributed by atoms with Crippen LogP contribution in [0.3, 0.4) is 0 Å². The van der Waals surface area contributed by atoms with E-state index in [4.69, 9.17) is 5.73 Å². The Morgan fingerprint density at radius 3 is 2.29 bits per heavy atom. The second kappa shape index (κ2) is 4.91. The molecule has 0 saturated heterocycles. The number of hydrogen-bond acceptors (Lipinski definition) is 2. The predicted molar refractivity (Wildman–Crippen MR) is 50.3 cm³/mol. The fraction of sp³-hybridized carbons (Fsp3) is 0.400. The summed E-state index contributed by atoms with van der Waals surface area (Å²) in [5.41, 5.74) is 6.68. The van der Waals surface area contributed by atoms with Crippen molar-refractivity contribution in [2.75, 3.05) is 0 Å². The van der Waals surface area contributed by atoms with Crippen molar-refractivity contribution in [1.82, 2.24) is 0 Å². The van der Waals surface area contributed by atoms with E-state index in [-0.39, 0.29) is 11.8 Å². The zero-order valence-electron chi connectivity index (χ0n) is 7.91. The maximum Gasteiger partial charge on any atom is 0.387 e. The zero-order chi connectivity index (χ0) is 10.6. The van der Waals surface area contributed by atoms with E-state index in [1.807, 2.05) is 6.92 Å². The maximum atomic E-state index is 11.8. The Morgan fingerprint density at radius 2 is 1.86 bits per heavy atom. The Balaban J connectivity index is 2.68. The molecule has 4 heteroatoms. The molecule has 0 aliphatic heterocycles. The largest absolute Gasteiger partial charge is 0.435 e. The van der Waals surface area contributed by atoms with Crippen molar-refractivity contribution >= 4 is 0 Å². The number of hydrogen-bond donors (Lipinski definition) is 1. The van der Waals surface area contributed by atoms with Crippen molar-refractivity contribution in [3.63, 3.8) is 0 Å². The normalized spacial score (nSPS) is 12.9. The minimum atomic E-state index is -2.78. The van der Waals surface area contributed by atoms with Gasteiger partial charge in [0.05, 0.1) is 0 Å². The van der Waals surface area contributed by atoms with Crippen LogP contribution in [0, 0.1) is 0 Å². The minimum Gasteiger partial charge on any atom is -0.435 e. The first-order valence-electron chi connectivity index (χ1n) is 4.43. The van der Waals surface area contributed by atoms with Crippen molar-refractivity contribution in [2.24, 2.45) is 5.73 Å². The monoisotopic (exact) mass is 201 g/mol. The molecule has 0 radical (unpaired) electrons. The first kappa shape index (κ1) is 10.9. The highest BCUT2D eigenvalue weighted by Gasteiger charge is 2.06. The first-order valence-corrected chi connectivity index (χ1v) is 4.43. The van der Waals surface area contributed by atoms with Gasteiger partial charge in [0.1, 0.15) is 5.75 Å². The van der Waals surface area contributed by atoms with Gasteiger partial charge in [-0.1, -0.05) is 19.1 Å². The van der Waals surface area contributed by atoms with Gasteiger partial charge in [-0.3, -0.25) is 0 Å². The van der Waals surface area contributed by atoms with Gasteiger partial charge in [-0.25, -0.2) is 0 Å². The van der Waals surface area contributed by atoms with Gasteiger partial charge in [0.15, 0.2) is 0 Å². The molecule has 0 saturated carbocycles. The lowest BCUT2D eigenvalue weighted by molar-refractivity contribution is -0.0498. The van der Waals surface area contributed by atoms with E-state index in [0.717, 1.165) is 12.0 Å². The van der Waals surface area contributed by atoms with Crippen LogP contribution < -0.4 is 10.5 Å². The van der Waals surface area contributed by atoms with E-state index in [1.54, 1.807) is 12.1 Å². The van der Waals surface area contributed by atoms with Crippen molar-refractivity contribution in [1.29, 1.82) is 0 Å². The van der Waals surface area contributed by atoms with Gasteiger partial charge in [0, 0.05) is 6.04 Å². The maximum absolute atomic E-state index is 11.8. The fourth-order valence-electron chi connectivity index (χ4n) is 1.13. The van der Waals surface area contributed by atoms with Crippen LogP contribution >= 0.6 is 0 Å². The Labute approximate surface area is 81.7 Å². The van der Waals surface area contributed by atoms with E-state index >= 15 is 0 Å². The SMILES string of the molecule is CC[C@H](N)c1ccc(OC(F)F)cc1. The average molecular weight is 201 g/mol. The third-order valence-electron chi connectivity index (χ3n) is 1.97. The van der Waals surface area contributed by atoms with Crippen molar-refractivity contribution in [3.8, 4) is 5.75 Å².